The summed E-state index contributed by atoms with van der Waals surface area (Å²) in [5.74, 6) is -0.227. The van der Waals surface area contributed by atoms with Crippen LogP contribution in [0.2, 0.25) is 0 Å². The summed E-state index contributed by atoms with van der Waals surface area (Å²) in [6.45, 7) is 2.82. The Labute approximate surface area is 117 Å². The van der Waals surface area contributed by atoms with Gasteiger partial charge in [0.25, 0.3) is 0 Å². The third-order valence-corrected chi connectivity index (χ3v) is 3.10. The van der Waals surface area contributed by atoms with Crippen LogP contribution in [-0.4, -0.2) is 28.0 Å². The molecule has 0 atom stereocenters. The first-order valence-electron chi connectivity index (χ1n) is 6.61. The molecule has 20 heavy (non-hydrogen) atoms. The number of carboxylic acid groups (broad SMARTS) is 1. The van der Waals surface area contributed by atoms with Gasteiger partial charge in [0.1, 0.15) is 17.0 Å². The van der Waals surface area contributed by atoms with Crippen LogP contribution in [-0.2, 0) is 6.54 Å². The first kappa shape index (κ1) is 14.1. The van der Waals surface area contributed by atoms with Gasteiger partial charge in [0.2, 0.25) is 0 Å². The lowest BCUT2D eigenvalue weighted by Crippen LogP contribution is -1.98. The number of carbonyl (C=O) groups is 1. The van der Waals surface area contributed by atoms with Crippen LogP contribution < -0.4 is 4.74 Å². The van der Waals surface area contributed by atoms with E-state index in [9.17, 15) is 9.90 Å². The van der Waals surface area contributed by atoms with E-state index in [4.69, 9.17) is 4.74 Å². The zero-order valence-electron chi connectivity index (χ0n) is 11.7. The zero-order chi connectivity index (χ0) is 14.5. The molecule has 0 spiro atoms. The van der Waals surface area contributed by atoms with E-state index in [0.717, 1.165) is 30.7 Å². The molecule has 1 N–H and O–H groups in total. The number of ether oxygens (including phenoxy) is 1. The van der Waals surface area contributed by atoms with Gasteiger partial charge in [-0.25, -0.2) is 4.79 Å². The Morgan fingerprint density at radius 2 is 2.05 bits per heavy atom. The van der Waals surface area contributed by atoms with Crippen molar-refractivity contribution in [2.24, 2.45) is 0 Å². The van der Waals surface area contributed by atoms with Gasteiger partial charge in [0.05, 0.1) is 7.11 Å². The molecule has 0 saturated heterocycles. The average molecular weight is 274 g/mol. The number of aryl methyl sites for hydroxylation is 1. The molecule has 0 aliphatic rings. The van der Waals surface area contributed by atoms with E-state index in [1.807, 2.05) is 12.1 Å². The number of nitrogens with zero attached hydrogens (tertiary/aromatic N) is 2. The molecule has 0 unspecified atom stereocenters. The van der Waals surface area contributed by atoms with E-state index in [1.165, 1.54) is 0 Å². The van der Waals surface area contributed by atoms with Crippen molar-refractivity contribution in [1.29, 1.82) is 0 Å². The minimum atomic E-state index is -0.960. The monoisotopic (exact) mass is 274 g/mol. The predicted molar refractivity (Wildman–Crippen MR) is 76.1 cm³/mol. The fourth-order valence-electron chi connectivity index (χ4n) is 1.97. The fraction of sp³-hybridized carbons (Fsp3) is 0.333. The van der Waals surface area contributed by atoms with Gasteiger partial charge in [-0.3, -0.25) is 4.68 Å². The number of hydrogen-bond donors (Lipinski definition) is 1. The molecule has 5 nitrogen and oxygen atoms in total. The van der Waals surface area contributed by atoms with E-state index in [-0.39, 0.29) is 5.56 Å². The molecule has 0 fully saturated rings. The quantitative estimate of drug-likeness (QED) is 0.879. The van der Waals surface area contributed by atoms with Crippen molar-refractivity contribution in [2.45, 2.75) is 26.3 Å². The third kappa shape index (κ3) is 2.99. The minimum Gasteiger partial charge on any atom is -0.497 e. The Bertz CT molecular complexity index is 588. The van der Waals surface area contributed by atoms with E-state index >= 15 is 0 Å². The van der Waals surface area contributed by atoms with Gasteiger partial charge in [0.15, 0.2) is 0 Å². The molecule has 0 amide bonds. The number of aromatic carboxylic acids is 1. The topological polar surface area (TPSA) is 64.4 Å². The number of carboxylic acids is 1. The van der Waals surface area contributed by atoms with Crippen molar-refractivity contribution in [3.63, 3.8) is 0 Å². The van der Waals surface area contributed by atoms with Crippen molar-refractivity contribution in [3.8, 4) is 17.0 Å². The number of hydrogen-bond acceptors (Lipinski definition) is 3. The summed E-state index contributed by atoms with van der Waals surface area (Å²) in [5.41, 5.74) is 1.50. The number of rotatable bonds is 6. The second kappa shape index (κ2) is 6.23. The van der Waals surface area contributed by atoms with Crippen LogP contribution in [0, 0.1) is 0 Å². The summed E-state index contributed by atoms with van der Waals surface area (Å²) in [6, 6.07) is 7.23. The number of methoxy groups -OCH3 is 1. The summed E-state index contributed by atoms with van der Waals surface area (Å²) < 4.78 is 6.80. The molecule has 0 saturated carbocycles. The van der Waals surface area contributed by atoms with Gasteiger partial charge < -0.3 is 9.84 Å². The summed E-state index contributed by atoms with van der Waals surface area (Å²) in [5, 5.41) is 13.7. The second-order valence-corrected chi connectivity index (χ2v) is 4.54. The SMILES string of the molecule is CCCCn1cc(C(=O)O)c(-c2ccc(OC)cc2)n1. The first-order valence-corrected chi connectivity index (χ1v) is 6.61. The summed E-state index contributed by atoms with van der Waals surface area (Å²) in [7, 11) is 1.59. The molecule has 0 aliphatic heterocycles. The van der Waals surface area contributed by atoms with E-state index < -0.39 is 5.97 Å². The zero-order valence-corrected chi connectivity index (χ0v) is 11.7. The number of unbranched alkanes of at least 4 members (excludes halogenated alkanes) is 1. The van der Waals surface area contributed by atoms with Crippen LogP contribution in [0.4, 0.5) is 0 Å². The van der Waals surface area contributed by atoms with Crippen LogP contribution >= 0.6 is 0 Å². The molecule has 1 heterocycles. The van der Waals surface area contributed by atoms with Crippen molar-refractivity contribution < 1.29 is 14.6 Å². The summed E-state index contributed by atoms with van der Waals surface area (Å²) in [6.07, 6.45) is 3.61. The maximum absolute atomic E-state index is 11.3. The lowest BCUT2D eigenvalue weighted by atomic mass is 10.1. The van der Waals surface area contributed by atoms with E-state index in [0.29, 0.717) is 5.69 Å². The maximum Gasteiger partial charge on any atom is 0.339 e. The molecule has 1 aromatic heterocycles. The lowest BCUT2D eigenvalue weighted by Gasteiger charge is -2.02. The van der Waals surface area contributed by atoms with Gasteiger partial charge in [-0.15, -0.1) is 0 Å². The molecule has 0 radical (unpaired) electrons. The lowest BCUT2D eigenvalue weighted by molar-refractivity contribution is 0.0697. The molecule has 0 aliphatic carbocycles. The molecule has 0 bridgehead atoms. The van der Waals surface area contributed by atoms with Crippen molar-refractivity contribution in [2.75, 3.05) is 7.11 Å². The first-order chi connectivity index (χ1) is 9.65. The molecular weight excluding hydrogens is 256 g/mol. The van der Waals surface area contributed by atoms with Crippen LogP contribution in [0.1, 0.15) is 30.1 Å². The second-order valence-electron chi connectivity index (χ2n) is 4.54. The van der Waals surface area contributed by atoms with Gasteiger partial charge in [-0.05, 0) is 30.7 Å². The standard InChI is InChI=1S/C15H18N2O3/c1-3-4-9-17-10-13(15(18)19)14(16-17)11-5-7-12(20-2)8-6-11/h5-8,10H,3-4,9H2,1-2H3,(H,18,19). The molecule has 2 aromatic rings. The Balaban J connectivity index is 2.37. The summed E-state index contributed by atoms with van der Waals surface area (Å²) in [4.78, 5) is 11.3. The molecule has 2 rings (SSSR count). The minimum absolute atomic E-state index is 0.228. The Kier molecular flexibility index (Phi) is 4.40. The molecule has 106 valence electrons. The normalized spacial score (nSPS) is 10.5. The van der Waals surface area contributed by atoms with Crippen LogP contribution in [0.25, 0.3) is 11.3 Å². The average Bonchev–Trinajstić information content (AvgIpc) is 2.89. The van der Waals surface area contributed by atoms with Crippen LogP contribution in [0.3, 0.4) is 0 Å². The van der Waals surface area contributed by atoms with E-state index in [2.05, 4.69) is 12.0 Å². The van der Waals surface area contributed by atoms with Gasteiger partial charge >= 0.3 is 5.97 Å². The Hall–Kier alpha value is -2.30. The van der Waals surface area contributed by atoms with Crippen molar-refractivity contribution >= 4 is 5.97 Å². The fourth-order valence-corrected chi connectivity index (χ4v) is 1.97. The maximum atomic E-state index is 11.3. The van der Waals surface area contributed by atoms with Crippen molar-refractivity contribution in [1.82, 2.24) is 9.78 Å². The Morgan fingerprint density at radius 3 is 2.60 bits per heavy atom. The smallest absolute Gasteiger partial charge is 0.339 e. The molecular formula is C15H18N2O3. The van der Waals surface area contributed by atoms with Gasteiger partial charge in [0, 0.05) is 18.3 Å². The highest BCUT2D eigenvalue weighted by Crippen LogP contribution is 2.24. The number of aromatic nitrogens is 2. The van der Waals surface area contributed by atoms with Crippen LogP contribution in [0.15, 0.2) is 30.5 Å². The largest absolute Gasteiger partial charge is 0.497 e. The molecule has 1 aromatic carbocycles. The predicted octanol–water partition coefficient (Wildman–Crippen LogP) is 3.06. The highest BCUT2D eigenvalue weighted by atomic mass is 16.5. The van der Waals surface area contributed by atoms with Crippen molar-refractivity contribution in [3.05, 3.63) is 36.0 Å². The molecule has 5 heteroatoms. The third-order valence-electron chi connectivity index (χ3n) is 3.10. The van der Waals surface area contributed by atoms with E-state index in [1.54, 1.807) is 30.1 Å². The highest BCUT2D eigenvalue weighted by molar-refractivity contribution is 5.94. The van der Waals surface area contributed by atoms with Gasteiger partial charge in [-0.1, -0.05) is 13.3 Å². The Morgan fingerprint density at radius 1 is 1.35 bits per heavy atom. The highest BCUT2D eigenvalue weighted by Gasteiger charge is 2.16. The summed E-state index contributed by atoms with van der Waals surface area (Å²) >= 11 is 0. The van der Waals surface area contributed by atoms with Gasteiger partial charge in [-0.2, -0.15) is 5.10 Å². The van der Waals surface area contributed by atoms with Crippen LogP contribution in [0.5, 0.6) is 5.75 Å². The number of benzene rings is 1.